The van der Waals surface area contributed by atoms with E-state index in [0.29, 0.717) is 12.8 Å². The minimum absolute atomic E-state index is 0.274. The van der Waals surface area contributed by atoms with Gasteiger partial charge in [-0.05, 0) is 32.6 Å². The Kier molecular flexibility index (Phi) is 3.75. The van der Waals surface area contributed by atoms with Gasteiger partial charge in [-0.25, -0.2) is 4.98 Å². The van der Waals surface area contributed by atoms with Gasteiger partial charge in [-0.1, -0.05) is 11.8 Å². The van der Waals surface area contributed by atoms with Crippen molar-refractivity contribution in [3.8, 4) is 0 Å². The van der Waals surface area contributed by atoms with Gasteiger partial charge in [-0.3, -0.25) is 4.79 Å². The predicted molar refractivity (Wildman–Crippen MR) is 69.5 cm³/mol. The number of carboxylic acid groups (broad SMARTS) is 1. The quantitative estimate of drug-likeness (QED) is 0.882. The van der Waals surface area contributed by atoms with Crippen LogP contribution in [0, 0.1) is 6.92 Å². The topological polar surface area (TPSA) is 76.2 Å². The molecule has 1 aliphatic rings. The van der Waals surface area contributed by atoms with Crippen LogP contribution in [0.25, 0.3) is 0 Å². The van der Waals surface area contributed by atoms with Crippen molar-refractivity contribution in [3.05, 3.63) is 11.1 Å². The van der Waals surface area contributed by atoms with Crippen molar-refractivity contribution in [2.45, 2.75) is 47.7 Å². The number of rotatable bonds is 3. The molecule has 0 saturated heterocycles. The Balaban J connectivity index is 2.00. The molecule has 2 atom stereocenters. The molecule has 0 radical (unpaired) electrons. The maximum Gasteiger partial charge on any atom is 0.323 e. The summed E-state index contributed by atoms with van der Waals surface area (Å²) in [7, 11) is 0. The second-order valence-electron chi connectivity index (χ2n) is 4.55. The van der Waals surface area contributed by atoms with E-state index in [2.05, 4.69) is 4.98 Å². The summed E-state index contributed by atoms with van der Waals surface area (Å²) in [6, 6.07) is 0. The molecule has 17 heavy (non-hydrogen) atoms. The minimum atomic E-state index is -1.04. The first-order chi connectivity index (χ1) is 7.99. The normalized spacial score (nSPS) is 29.2. The molecule has 0 bridgehead atoms. The van der Waals surface area contributed by atoms with Crippen LogP contribution >= 0.6 is 23.1 Å². The molecule has 0 spiro atoms. The SMILES string of the molecule is Cc1csc(SC2CCCC(N)(C(=O)O)C2)n1. The van der Waals surface area contributed by atoms with Gasteiger partial charge < -0.3 is 10.8 Å². The number of hydrogen-bond acceptors (Lipinski definition) is 5. The fraction of sp³-hybridized carbons (Fsp3) is 0.636. The summed E-state index contributed by atoms with van der Waals surface area (Å²) in [6.07, 6.45) is 3.02. The van der Waals surface area contributed by atoms with Gasteiger partial charge in [0.2, 0.25) is 0 Å². The third-order valence-electron chi connectivity index (χ3n) is 3.03. The van der Waals surface area contributed by atoms with Crippen molar-refractivity contribution in [1.82, 2.24) is 4.98 Å². The lowest BCUT2D eigenvalue weighted by Gasteiger charge is -2.33. The molecule has 6 heteroatoms. The summed E-state index contributed by atoms with van der Waals surface area (Å²) in [4.78, 5) is 15.5. The largest absolute Gasteiger partial charge is 0.480 e. The van der Waals surface area contributed by atoms with E-state index in [-0.39, 0.29) is 5.25 Å². The molecule has 0 amide bonds. The van der Waals surface area contributed by atoms with Crippen molar-refractivity contribution < 1.29 is 9.90 Å². The number of nitrogens with two attached hydrogens (primary N) is 1. The second-order valence-corrected chi connectivity index (χ2v) is 6.96. The molecule has 3 N–H and O–H groups in total. The molecule has 0 aliphatic heterocycles. The van der Waals surface area contributed by atoms with Gasteiger partial charge in [-0.15, -0.1) is 11.3 Å². The molecule has 1 saturated carbocycles. The summed E-state index contributed by atoms with van der Waals surface area (Å²) in [5.74, 6) is -0.877. The number of thiazole rings is 1. The van der Waals surface area contributed by atoms with Gasteiger partial charge in [0.25, 0.3) is 0 Å². The van der Waals surface area contributed by atoms with Crippen molar-refractivity contribution >= 4 is 29.1 Å². The highest BCUT2D eigenvalue weighted by atomic mass is 32.2. The van der Waals surface area contributed by atoms with E-state index in [1.54, 1.807) is 23.1 Å². The van der Waals surface area contributed by atoms with Crippen LogP contribution in [-0.2, 0) is 4.79 Å². The van der Waals surface area contributed by atoms with Gasteiger partial charge in [0.15, 0.2) is 0 Å². The minimum Gasteiger partial charge on any atom is -0.480 e. The zero-order valence-electron chi connectivity index (χ0n) is 9.68. The van der Waals surface area contributed by atoms with Gasteiger partial charge in [-0.2, -0.15) is 0 Å². The van der Waals surface area contributed by atoms with Crippen LogP contribution < -0.4 is 5.73 Å². The first-order valence-corrected chi connectivity index (χ1v) is 7.36. The molecular weight excluding hydrogens is 256 g/mol. The van der Waals surface area contributed by atoms with Crippen molar-refractivity contribution in [2.75, 3.05) is 0 Å². The van der Waals surface area contributed by atoms with Gasteiger partial charge in [0, 0.05) is 16.3 Å². The Morgan fingerprint density at radius 1 is 1.76 bits per heavy atom. The van der Waals surface area contributed by atoms with E-state index in [1.807, 2.05) is 12.3 Å². The van der Waals surface area contributed by atoms with E-state index >= 15 is 0 Å². The maximum absolute atomic E-state index is 11.1. The predicted octanol–water partition coefficient (Wildman–Crippen LogP) is 2.27. The van der Waals surface area contributed by atoms with Crippen molar-refractivity contribution in [3.63, 3.8) is 0 Å². The van der Waals surface area contributed by atoms with Gasteiger partial charge in [0.05, 0.1) is 0 Å². The molecule has 4 nitrogen and oxygen atoms in total. The van der Waals surface area contributed by atoms with E-state index in [0.717, 1.165) is 22.9 Å². The third-order valence-corrected chi connectivity index (χ3v) is 5.39. The third kappa shape index (κ3) is 3.00. The highest BCUT2D eigenvalue weighted by Gasteiger charge is 2.39. The van der Waals surface area contributed by atoms with Crippen LogP contribution in [0.1, 0.15) is 31.4 Å². The standard InChI is InChI=1S/C11H16N2O2S2/c1-7-6-16-10(13-7)17-8-3-2-4-11(12,5-8)9(14)15/h6,8H,2-5,12H2,1H3,(H,14,15). The van der Waals surface area contributed by atoms with Crippen LogP contribution in [0.3, 0.4) is 0 Å². The van der Waals surface area contributed by atoms with Crippen molar-refractivity contribution in [2.24, 2.45) is 5.73 Å². The van der Waals surface area contributed by atoms with Crippen LogP contribution in [0.15, 0.2) is 9.72 Å². The fourth-order valence-electron chi connectivity index (χ4n) is 2.08. The van der Waals surface area contributed by atoms with Crippen LogP contribution in [0.4, 0.5) is 0 Å². The second kappa shape index (κ2) is 4.96. The van der Waals surface area contributed by atoms with Crippen LogP contribution in [-0.4, -0.2) is 26.8 Å². The Morgan fingerprint density at radius 2 is 2.53 bits per heavy atom. The molecule has 2 unspecified atom stereocenters. The lowest BCUT2D eigenvalue weighted by molar-refractivity contribution is -0.144. The summed E-state index contributed by atoms with van der Waals surface area (Å²) in [6.45, 7) is 1.96. The van der Waals surface area contributed by atoms with E-state index in [9.17, 15) is 4.79 Å². The van der Waals surface area contributed by atoms with Gasteiger partial charge in [0.1, 0.15) is 9.88 Å². The monoisotopic (exact) mass is 272 g/mol. The molecular formula is C11H16N2O2S2. The van der Waals surface area contributed by atoms with Crippen LogP contribution in [0.2, 0.25) is 0 Å². The first kappa shape index (κ1) is 12.9. The average Bonchev–Trinajstić information content (AvgIpc) is 2.64. The number of aliphatic carboxylic acids is 1. The number of carbonyl (C=O) groups is 1. The average molecular weight is 272 g/mol. The molecule has 1 heterocycles. The Morgan fingerprint density at radius 3 is 3.12 bits per heavy atom. The number of hydrogen-bond donors (Lipinski definition) is 2. The molecule has 2 rings (SSSR count). The Labute approximate surface area is 109 Å². The Hall–Kier alpha value is -0.590. The molecule has 1 fully saturated rings. The van der Waals surface area contributed by atoms with E-state index in [4.69, 9.17) is 10.8 Å². The Bertz CT molecular complexity index is 421. The summed E-state index contributed by atoms with van der Waals surface area (Å²) < 4.78 is 1.02. The molecule has 1 aromatic rings. The maximum atomic E-state index is 11.1. The molecule has 94 valence electrons. The lowest BCUT2D eigenvalue weighted by Crippen LogP contribution is -2.51. The summed E-state index contributed by atoms with van der Waals surface area (Å²) in [5, 5.41) is 11.4. The fourth-order valence-corrected chi connectivity index (χ4v) is 4.52. The first-order valence-electron chi connectivity index (χ1n) is 5.61. The van der Waals surface area contributed by atoms with Gasteiger partial charge >= 0.3 is 5.97 Å². The molecule has 1 aromatic heterocycles. The zero-order chi connectivity index (χ0) is 12.5. The highest BCUT2D eigenvalue weighted by molar-refractivity contribution is 8.01. The zero-order valence-corrected chi connectivity index (χ0v) is 11.3. The van der Waals surface area contributed by atoms with Crippen LogP contribution in [0.5, 0.6) is 0 Å². The van der Waals surface area contributed by atoms with E-state index in [1.165, 1.54) is 0 Å². The molecule has 1 aliphatic carbocycles. The van der Waals surface area contributed by atoms with Crippen molar-refractivity contribution in [1.29, 1.82) is 0 Å². The smallest absolute Gasteiger partial charge is 0.323 e. The number of aryl methyl sites for hydroxylation is 1. The summed E-state index contributed by atoms with van der Waals surface area (Å²) in [5.41, 5.74) is 5.90. The summed E-state index contributed by atoms with van der Waals surface area (Å²) >= 11 is 3.28. The van der Waals surface area contributed by atoms with E-state index < -0.39 is 11.5 Å². The highest BCUT2D eigenvalue weighted by Crippen LogP contribution is 2.38. The lowest BCUT2D eigenvalue weighted by atomic mass is 9.82. The molecule has 0 aromatic carbocycles. The number of carboxylic acids is 1. The number of thioether (sulfide) groups is 1. The number of aromatic nitrogens is 1. The number of nitrogens with zero attached hydrogens (tertiary/aromatic N) is 1.